The molecule has 0 unspecified atom stereocenters. The summed E-state index contributed by atoms with van der Waals surface area (Å²) in [6.07, 6.45) is 0. The van der Waals surface area contributed by atoms with Crippen LogP contribution in [0.5, 0.6) is 0 Å². The fourth-order valence-corrected chi connectivity index (χ4v) is 1.44. The molecular weight excluding hydrogens is 205 g/mol. The zero-order valence-electron chi connectivity index (χ0n) is 7.52. The lowest BCUT2D eigenvalue weighted by molar-refractivity contribution is 0.514. The number of nitrogens with two attached hydrogens (primary N) is 2. The summed E-state index contributed by atoms with van der Waals surface area (Å²) in [7, 11) is 0. The lowest BCUT2D eigenvalue weighted by Gasteiger charge is -2.07. The minimum absolute atomic E-state index is 0.0754. The predicted molar refractivity (Wildman–Crippen MR) is 52.6 cm³/mol. The molecule has 2 aromatic rings. The number of anilines is 2. The number of fused-ring (bicyclic) bond motifs is 1. The van der Waals surface area contributed by atoms with Crippen LogP contribution < -0.4 is 11.5 Å². The van der Waals surface area contributed by atoms with Crippen molar-refractivity contribution in [1.82, 2.24) is 0 Å². The van der Waals surface area contributed by atoms with Crippen molar-refractivity contribution in [3.05, 3.63) is 35.7 Å². The number of halogens is 3. The van der Waals surface area contributed by atoms with Gasteiger partial charge < -0.3 is 11.5 Å². The first-order valence-corrected chi connectivity index (χ1v) is 4.13. The quantitative estimate of drug-likeness (QED) is 0.659. The Labute approximate surface area is 83.3 Å². The summed E-state index contributed by atoms with van der Waals surface area (Å²) in [6, 6.07) is 3.16. The standard InChI is InChI=1S/C10H7F3N2/c11-6-2-1-4-5(9(6)14)3-7(12)8(13)10(4)15/h1-3H,14-15H2. The van der Waals surface area contributed by atoms with Crippen LogP contribution >= 0.6 is 0 Å². The molecule has 0 bridgehead atoms. The van der Waals surface area contributed by atoms with Gasteiger partial charge in [-0.2, -0.15) is 0 Å². The van der Waals surface area contributed by atoms with Crippen molar-refractivity contribution in [3.63, 3.8) is 0 Å². The van der Waals surface area contributed by atoms with E-state index >= 15 is 0 Å². The highest BCUT2D eigenvalue weighted by Crippen LogP contribution is 2.31. The van der Waals surface area contributed by atoms with Crippen molar-refractivity contribution in [2.24, 2.45) is 0 Å². The maximum absolute atomic E-state index is 13.1. The maximum Gasteiger partial charge on any atom is 0.182 e. The lowest BCUT2D eigenvalue weighted by Crippen LogP contribution is -1.99. The molecule has 0 spiro atoms. The Hall–Kier alpha value is -1.91. The average Bonchev–Trinajstić information content (AvgIpc) is 2.21. The number of hydrogen-bond donors (Lipinski definition) is 2. The molecule has 0 aliphatic carbocycles. The Bertz CT molecular complexity index is 552. The van der Waals surface area contributed by atoms with Crippen LogP contribution in [0.1, 0.15) is 0 Å². The van der Waals surface area contributed by atoms with Gasteiger partial charge in [0, 0.05) is 10.8 Å². The average molecular weight is 212 g/mol. The van der Waals surface area contributed by atoms with E-state index < -0.39 is 17.5 Å². The second-order valence-corrected chi connectivity index (χ2v) is 3.14. The SMILES string of the molecule is Nc1c(F)ccc2c(N)c(F)c(F)cc12. The third kappa shape index (κ3) is 1.27. The van der Waals surface area contributed by atoms with E-state index in [2.05, 4.69) is 0 Å². The Morgan fingerprint density at radius 3 is 2.13 bits per heavy atom. The predicted octanol–water partition coefficient (Wildman–Crippen LogP) is 2.42. The molecule has 5 heteroatoms. The van der Waals surface area contributed by atoms with E-state index in [-0.39, 0.29) is 22.1 Å². The molecule has 0 aliphatic rings. The van der Waals surface area contributed by atoms with Crippen molar-refractivity contribution in [2.75, 3.05) is 11.5 Å². The van der Waals surface area contributed by atoms with Gasteiger partial charge in [-0.15, -0.1) is 0 Å². The van der Waals surface area contributed by atoms with Crippen molar-refractivity contribution in [1.29, 1.82) is 0 Å². The molecule has 0 fully saturated rings. The third-order valence-corrected chi connectivity index (χ3v) is 2.24. The van der Waals surface area contributed by atoms with Gasteiger partial charge in [-0.3, -0.25) is 0 Å². The Kier molecular flexibility index (Phi) is 1.96. The summed E-state index contributed by atoms with van der Waals surface area (Å²) in [5.41, 5.74) is 10.1. The van der Waals surface area contributed by atoms with E-state index in [1.54, 1.807) is 0 Å². The highest BCUT2D eigenvalue weighted by Gasteiger charge is 2.13. The first kappa shape index (κ1) is 9.64. The molecule has 0 amide bonds. The molecular formula is C10H7F3N2. The normalized spacial score (nSPS) is 10.9. The molecule has 0 radical (unpaired) electrons. The molecule has 0 aromatic heterocycles. The van der Waals surface area contributed by atoms with E-state index in [1.165, 1.54) is 6.07 Å². The van der Waals surface area contributed by atoms with Crippen LogP contribution in [0, 0.1) is 17.5 Å². The van der Waals surface area contributed by atoms with Gasteiger partial charge in [-0.1, -0.05) is 0 Å². The fraction of sp³-hybridized carbons (Fsp3) is 0. The molecule has 0 aliphatic heterocycles. The second-order valence-electron chi connectivity index (χ2n) is 3.14. The van der Waals surface area contributed by atoms with Gasteiger partial charge in [0.2, 0.25) is 0 Å². The van der Waals surface area contributed by atoms with Gasteiger partial charge in [-0.05, 0) is 18.2 Å². The van der Waals surface area contributed by atoms with Crippen LogP contribution in [0.3, 0.4) is 0 Å². The van der Waals surface area contributed by atoms with Crippen molar-refractivity contribution < 1.29 is 13.2 Å². The van der Waals surface area contributed by atoms with Gasteiger partial charge in [-0.25, -0.2) is 13.2 Å². The first-order chi connectivity index (χ1) is 7.02. The molecule has 4 N–H and O–H groups in total. The summed E-state index contributed by atoms with van der Waals surface area (Å²) >= 11 is 0. The molecule has 2 nitrogen and oxygen atoms in total. The summed E-state index contributed by atoms with van der Waals surface area (Å²) < 4.78 is 39.1. The zero-order chi connectivity index (χ0) is 11.2. The van der Waals surface area contributed by atoms with E-state index in [1.807, 2.05) is 0 Å². The summed E-state index contributed by atoms with van der Waals surface area (Å²) in [5, 5.41) is 0.277. The highest BCUT2D eigenvalue weighted by molar-refractivity contribution is 6.00. The van der Waals surface area contributed by atoms with E-state index in [0.29, 0.717) is 0 Å². The fourth-order valence-electron chi connectivity index (χ4n) is 1.44. The van der Waals surface area contributed by atoms with Crippen LogP contribution in [0.4, 0.5) is 24.5 Å². The number of benzene rings is 2. The van der Waals surface area contributed by atoms with Gasteiger partial charge in [0.25, 0.3) is 0 Å². The first-order valence-electron chi connectivity index (χ1n) is 4.13. The van der Waals surface area contributed by atoms with Crippen LogP contribution in [0.25, 0.3) is 10.8 Å². The number of hydrogen-bond acceptors (Lipinski definition) is 2. The number of nitrogen functional groups attached to an aromatic ring is 2. The van der Waals surface area contributed by atoms with E-state index in [4.69, 9.17) is 11.5 Å². The van der Waals surface area contributed by atoms with Crippen molar-refractivity contribution in [2.45, 2.75) is 0 Å². The topological polar surface area (TPSA) is 52.0 Å². The molecule has 2 aromatic carbocycles. The Morgan fingerprint density at radius 2 is 1.47 bits per heavy atom. The van der Waals surface area contributed by atoms with Gasteiger partial charge in [0.15, 0.2) is 11.6 Å². The zero-order valence-corrected chi connectivity index (χ0v) is 7.52. The molecule has 0 heterocycles. The van der Waals surface area contributed by atoms with E-state index in [0.717, 1.165) is 12.1 Å². The maximum atomic E-state index is 13.1. The molecule has 15 heavy (non-hydrogen) atoms. The van der Waals surface area contributed by atoms with Gasteiger partial charge >= 0.3 is 0 Å². The van der Waals surface area contributed by atoms with E-state index in [9.17, 15) is 13.2 Å². The largest absolute Gasteiger partial charge is 0.396 e. The van der Waals surface area contributed by atoms with Crippen LogP contribution in [-0.2, 0) is 0 Å². The minimum Gasteiger partial charge on any atom is -0.396 e. The summed E-state index contributed by atoms with van der Waals surface area (Å²) in [5.74, 6) is -2.97. The third-order valence-electron chi connectivity index (χ3n) is 2.24. The summed E-state index contributed by atoms with van der Waals surface area (Å²) in [4.78, 5) is 0. The van der Waals surface area contributed by atoms with Crippen LogP contribution in [0.2, 0.25) is 0 Å². The molecule has 0 saturated heterocycles. The van der Waals surface area contributed by atoms with Gasteiger partial charge in [0.1, 0.15) is 5.82 Å². The molecule has 78 valence electrons. The monoisotopic (exact) mass is 212 g/mol. The molecule has 2 rings (SSSR count). The van der Waals surface area contributed by atoms with Crippen molar-refractivity contribution >= 4 is 22.1 Å². The smallest absolute Gasteiger partial charge is 0.182 e. The molecule has 0 saturated carbocycles. The Morgan fingerprint density at radius 1 is 0.800 bits per heavy atom. The lowest BCUT2D eigenvalue weighted by atomic mass is 10.1. The highest BCUT2D eigenvalue weighted by atomic mass is 19.2. The number of rotatable bonds is 0. The minimum atomic E-state index is -1.14. The van der Waals surface area contributed by atoms with Gasteiger partial charge in [0.05, 0.1) is 11.4 Å². The Balaban J connectivity index is 2.98. The van der Waals surface area contributed by atoms with Crippen LogP contribution in [-0.4, -0.2) is 0 Å². The second kappa shape index (κ2) is 3.05. The molecule has 0 atom stereocenters. The van der Waals surface area contributed by atoms with Crippen LogP contribution in [0.15, 0.2) is 18.2 Å². The summed E-state index contributed by atoms with van der Waals surface area (Å²) in [6.45, 7) is 0. The van der Waals surface area contributed by atoms with Crippen molar-refractivity contribution in [3.8, 4) is 0 Å².